The molecule has 1 aromatic carbocycles. The van der Waals surface area contributed by atoms with E-state index in [0.29, 0.717) is 23.7 Å². The summed E-state index contributed by atoms with van der Waals surface area (Å²) >= 11 is 5.78. The van der Waals surface area contributed by atoms with Crippen LogP contribution in [0.25, 0.3) is 0 Å². The fourth-order valence-corrected chi connectivity index (χ4v) is 2.51. The second kappa shape index (κ2) is 7.28. The monoisotopic (exact) mass is 372 g/mol. The second-order valence-corrected chi connectivity index (χ2v) is 5.95. The Morgan fingerprint density at radius 3 is 2.92 bits per heavy atom. The zero-order chi connectivity index (χ0) is 18.7. The van der Waals surface area contributed by atoms with Crippen molar-refractivity contribution >= 4 is 34.5 Å². The molecule has 0 saturated carbocycles. The lowest BCUT2D eigenvalue weighted by molar-refractivity contribution is -0.671. The van der Waals surface area contributed by atoms with E-state index in [0.717, 1.165) is 5.56 Å². The van der Waals surface area contributed by atoms with Gasteiger partial charge in [-0.2, -0.15) is 10.2 Å². The normalized spacial score (nSPS) is 11.2. The molecule has 0 spiro atoms. The molecule has 0 atom stereocenters. The summed E-state index contributed by atoms with van der Waals surface area (Å²) in [7, 11) is 1.93. The molecule has 9 nitrogen and oxygen atoms in total. The van der Waals surface area contributed by atoms with Crippen LogP contribution in [0.5, 0.6) is 0 Å². The van der Waals surface area contributed by atoms with E-state index in [2.05, 4.69) is 15.3 Å². The van der Waals surface area contributed by atoms with Crippen molar-refractivity contribution in [3.8, 4) is 0 Å². The van der Waals surface area contributed by atoms with Crippen LogP contribution in [0.15, 0.2) is 59.2 Å². The summed E-state index contributed by atoms with van der Waals surface area (Å²) in [6.45, 7) is 0.489. The van der Waals surface area contributed by atoms with E-state index in [4.69, 9.17) is 17.3 Å². The first-order valence-corrected chi connectivity index (χ1v) is 7.93. The van der Waals surface area contributed by atoms with Crippen molar-refractivity contribution in [2.24, 2.45) is 17.3 Å². The highest BCUT2D eigenvalue weighted by molar-refractivity contribution is 6.32. The molecule has 0 aliphatic carbocycles. The Balaban J connectivity index is 1.81. The Labute approximate surface area is 153 Å². The van der Waals surface area contributed by atoms with Gasteiger partial charge in [-0.1, -0.05) is 11.6 Å². The molecular formula is C16H15ClN7O2+. The minimum Gasteiger partial charge on any atom is -0.382 e. The van der Waals surface area contributed by atoms with E-state index in [-0.39, 0.29) is 10.7 Å². The van der Waals surface area contributed by atoms with Crippen molar-refractivity contribution in [3.63, 3.8) is 0 Å². The Morgan fingerprint density at radius 1 is 1.38 bits per heavy atom. The summed E-state index contributed by atoms with van der Waals surface area (Å²) in [6, 6.07) is 8.08. The van der Waals surface area contributed by atoms with Gasteiger partial charge < -0.3 is 5.73 Å². The van der Waals surface area contributed by atoms with Gasteiger partial charge in [0.05, 0.1) is 23.4 Å². The maximum Gasteiger partial charge on any atom is 0.290 e. The third-order valence-corrected chi connectivity index (χ3v) is 3.91. The lowest BCUT2D eigenvalue weighted by Gasteiger charge is -2.03. The summed E-state index contributed by atoms with van der Waals surface area (Å²) in [4.78, 5) is 10.3. The molecule has 0 fully saturated rings. The first-order valence-electron chi connectivity index (χ1n) is 7.55. The third kappa shape index (κ3) is 3.83. The van der Waals surface area contributed by atoms with Crippen molar-refractivity contribution in [3.05, 3.63) is 69.6 Å². The predicted octanol–water partition coefficient (Wildman–Crippen LogP) is 3.32. The SMILES string of the molecule is C[n+]1cccc(Cn2ncc(N=Nc3ccc(Cl)c([N+](=O)[O-])c3)c2N)c1. The van der Waals surface area contributed by atoms with Crippen molar-refractivity contribution in [1.29, 1.82) is 0 Å². The molecule has 10 heteroatoms. The van der Waals surface area contributed by atoms with Crippen LogP contribution >= 0.6 is 11.6 Å². The molecule has 0 bridgehead atoms. The van der Waals surface area contributed by atoms with E-state index < -0.39 is 4.92 Å². The van der Waals surface area contributed by atoms with Crippen molar-refractivity contribution in [2.75, 3.05) is 5.73 Å². The van der Waals surface area contributed by atoms with Crippen molar-refractivity contribution in [2.45, 2.75) is 6.54 Å². The summed E-state index contributed by atoms with van der Waals surface area (Å²) in [5.74, 6) is 0.351. The standard InChI is InChI=1S/C16H15ClN7O2/c1-22-6-2-3-11(9-22)10-23-16(18)14(8-19-23)21-20-12-4-5-13(17)15(7-12)24(25)26/h2-9H,10,18H2,1H3/q+1. The average Bonchev–Trinajstić information content (AvgIpc) is 2.94. The molecule has 0 saturated heterocycles. The van der Waals surface area contributed by atoms with E-state index in [1.54, 1.807) is 4.68 Å². The van der Waals surface area contributed by atoms with E-state index in [1.165, 1.54) is 24.4 Å². The molecule has 2 N–H and O–H groups in total. The van der Waals surface area contributed by atoms with Crippen LogP contribution in [0.1, 0.15) is 5.56 Å². The summed E-state index contributed by atoms with van der Waals surface area (Å²) in [5, 5.41) is 23.2. The van der Waals surface area contributed by atoms with Gasteiger partial charge in [-0.05, 0) is 18.2 Å². The molecule has 0 aliphatic heterocycles. The van der Waals surface area contributed by atoms with Crippen molar-refractivity contribution < 1.29 is 9.49 Å². The number of hydrogen-bond donors (Lipinski definition) is 1. The number of nitrogens with two attached hydrogens (primary N) is 1. The number of halogens is 1. The number of anilines is 1. The van der Waals surface area contributed by atoms with E-state index in [1.807, 2.05) is 36.1 Å². The van der Waals surface area contributed by atoms with Gasteiger partial charge in [0.1, 0.15) is 23.6 Å². The van der Waals surface area contributed by atoms with Gasteiger partial charge in [0.25, 0.3) is 5.69 Å². The van der Waals surface area contributed by atoms with Crippen LogP contribution in [-0.2, 0) is 13.6 Å². The Kier molecular flexibility index (Phi) is 4.90. The Bertz CT molecular complexity index is 1000. The van der Waals surface area contributed by atoms with Crippen LogP contribution in [0.4, 0.5) is 22.9 Å². The van der Waals surface area contributed by atoms with Crippen LogP contribution in [0, 0.1) is 10.1 Å². The molecule has 0 amide bonds. The zero-order valence-corrected chi connectivity index (χ0v) is 14.5. The lowest BCUT2D eigenvalue weighted by Crippen LogP contribution is -2.27. The van der Waals surface area contributed by atoms with Gasteiger partial charge >= 0.3 is 0 Å². The second-order valence-electron chi connectivity index (χ2n) is 5.54. The van der Waals surface area contributed by atoms with Gasteiger partial charge in [-0.15, -0.1) is 5.11 Å². The minimum absolute atomic E-state index is 0.0392. The number of benzene rings is 1. The van der Waals surface area contributed by atoms with Crippen LogP contribution in [0.2, 0.25) is 5.02 Å². The highest BCUT2D eigenvalue weighted by Crippen LogP contribution is 2.30. The largest absolute Gasteiger partial charge is 0.382 e. The minimum atomic E-state index is -0.576. The third-order valence-electron chi connectivity index (χ3n) is 3.59. The number of azo groups is 1. The molecule has 3 aromatic rings. The molecule has 0 unspecified atom stereocenters. The van der Waals surface area contributed by atoms with Gasteiger partial charge in [-0.3, -0.25) is 10.1 Å². The highest BCUT2D eigenvalue weighted by atomic mass is 35.5. The predicted molar refractivity (Wildman–Crippen MR) is 95.6 cm³/mol. The van der Waals surface area contributed by atoms with Crippen molar-refractivity contribution in [1.82, 2.24) is 9.78 Å². The maximum absolute atomic E-state index is 10.9. The number of nitro benzene ring substituents is 1. The maximum atomic E-state index is 10.9. The van der Waals surface area contributed by atoms with Gasteiger partial charge in [0.15, 0.2) is 12.4 Å². The van der Waals surface area contributed by atoms with Crippen LogP contribution < -0.4 is 10.3 Å². The number of nitro groups is 1. The fraction of sp³-hybridized carbons (Fsp3) is 0.125. The topological polar surface area (TPSA) is 116 Å². The van der Waals surface area contributed by atoms with Gasteiger partial charge in [-0.25, -0.2) is 9.25 Å². The van der Waals surface area contributed by atoms with E-state index in [9.17, 15) is 10.1 Å². The highest BCUT2D eigenvalue weighted by Gasteiger charge is 2.13. The molecule has 0 aliphatic rings. The molecule has 2 aromatic heterocycles. The van der Waals surface area contributed by atoms with Gasteiger partial charge in [0.2, 0.25) is 0 Å². The lowest BCUT2D eigenvalue weighted by atomic mass is 10.3. The number of aromatic nitrogens is 3. The number of nitrogens with zero attached hydrogens (tertiary/aromatic N) is 6. The summed E-state index contributed by atoms with van der Waals surface area (Å²) < 4.78 is 3.54. The quantitative estimate of drug-likeness (QED) is 0.320. The summed E-state index contributed by atoms with van der Waals surface area (Å²) in [5.41, 5.74) is 7.54. The molecular weight excluding hydrogens is 358 g/mol. The zero-order valence-electron chi connectivity index (χ0n) is 13.8. The number of rotatable bonds is 5. The average molecular weight is 373 g/mol. The fourth-order valence-electron chi connectivity index (χ4n) is 2.32. The first-order chi connectivity index (χ1) is 12.4. The van der Waals surface area contributed by atoms with Crippen LogP contribution in [0.3, 0.4) is 0 Å². The Morgan fingerprint density at radius 2 is 2.19 bits per heavy atom. The number of nitrogen functional groups attached to an aromatic ring is 1. The Hall–Kier alpha value is -3.33. The smallest absolute Gasteiger partial charge is 0.290 e. The molecule has 3 rings (SSSR count). The first kappa shape index (κ1) is 17.5. The number of hydrogen-bond acceptors (Lipinski definition) is 6. The molecule has 2 heterocycles. The van der Waals surface area contributed by atoms with Crippen LogP contribution in [-0.4, -0.2) is 14.7 Å². The summed E-state index contributed by atoms with van der Waals surface area (Å²) in [6.07, 6.45) is 5.39. The van der Waals surface area contributed by atoms with E-state index >= 15 is 0 Å². The number of pyridine rings is 1. The molecule has 26 heavy (non-hydrogen) atoms. The molecule has 132 valence electrons. The molecule has 0 radical (unpaired) electrons. The number of aryl methyl sites for hydroxylation is 1. The van der Waals surface area contributed by atoms with Gasteiger partial charge in [0, 0.05) is 17.7 Å².